The molecular formula is C14H10Cl2FNO. The average Bonchev–Trinajstić information content (AvgIpc) is 2.35. The van der Waals surface area contributed by atoms with Crippen molar-refractivity contribution in [3.63, 3.8) is 0 Å². The Bertz CT molecular complexity index is 616. The molecule has 0 saturated heterocycles. The molecule has 1 amide bonds. The third kappa shape index (κ3) is 3.69. The minimum atomic E-state index is -0.369. The first-order valence-corrected chi connectivity index (χ1v) is 6.30. The van der Waals surface area contributed by atoms with Crippen LogP contribution in [0.2, 0.25) is 10.0 Å². The van der Waals surface area contributed by atoms with E-state index in [1.807, 2.05) is 0 Å². The molecule has 0 fully saturated rings. The SMILES string of the molecule is O=C(Cc1cccc(F)c1)Nc1cccc(Cl)c1Cl. The molecule has 98 valence electrons. The van der Waals surface area contributed by atoms with E-state index in [0.29, 0.717) is 16.3 Å². The lowest BCUT2D eigenvalue weighted by molar-refractivity contribution is -0.115. The first-order chi connectivity index (χ1) is 9.06. The minimum absolute atomic E-state index is 0.0700. The summed E-state index contributed by atoms with van der Waals surface area (Å²) in [7, 11) is 0. The van der Waals surface area contributed by atoms with Crippen LogP contribution in [0.3, 0.4) is 0 Å². The Morgan fingerprint density at radius 3 is 2.63 bits per heavy atom. The van der Waals surface area contributed by atoms with Gasteiger partial charge in [-0.25, -0.2) is 4.39 Å². The molecule has 0 heterocycles. The zero-order valence-corrected chi connectivity index (χ0v) is 11.3. The Balaban J connectivity index is 2.08. The fourth-order valence-electron chi connectivity index (χ4n) is 1.63. The van der Waals surface area contributed by atoms with Crippen molar-refractivity contribution in [2.24, 2.45) is 0 Å². The van der Waals surface area contributed by atoms with Crippen molar-refractivity contribution in [1.29, 1.82) is 0 Å². The molecule has 2 rings (SSSR count). The number of rotatable bonds is 3. The molecular weight excluding hydrogens is 288 g/mol. The molecule has 0 aliphatic carbocycles. The van der Waals surface area contributed by atoms with Gasteiger partial charge in [0.15, 0.2) is 0 Å². The maximum Gasteiger partial charge on any atom is 0.228 e. The van der Waals surface area contributed by atoms with Crippen LogP contribution in [-0.4, -0.2) is 5.91 Å². The topological polar surface area (TPSA) is 29.1 Å². The summed E-state index contributed by atoms with van der Waals surface area (Å²) in [6.45, 7) is 0. The highest BCUT2D eigenvalue weighted by molar-refractivity contribution is 6.43. The molecule has 0 bridgehead atoms. The van der Waals surface area contributed by atoms with Gasteiger partial charge >= 0.3 is 0 Å². The van der Waals surface area contributed by atoms with Crippen LogP contribution in [0, 0.1) is 5.82 Å². The third-order valence-electron chi connectivity index (χ3n) is 2.48. The summed E-state index contributed by atoms with van der Waals surface area (Å²) in [5, 5.41) is 3.30. The van der Waals surface area contributed by atoms with E-state index >= 15 is 0 Å². The van der Waals surface area contributed by atoms with Gasteiger partial charge in [-0.2, -0.15) is 0 Å². The quantitative estimate of drug-likeness (QED) is 0.898. The molecule has 0 aliphatic rings. The van der Waals surface area contributed by atoms with Crippen LogP contribution in [0.15, 0.2) is 42.5 Å². The van der Waals surface area contributed by atoms with Crippen LogP contribution >= 0.6 is 23.2 Å². The maximum absolute atomic E-state index is 13.0. The molecule has 5 heteroatoms. The van der Waals surface area contributed by atoms with Gasteiger partial charge in [-0.15, -0.1) is 0 Å². The van der Waals surface area contributed by atoms with E-state index in [2.05, 4.69) is 5.32 Å². The van der Waals surface area contributed by atoms with Crippen molar-refractivity contribution < 1.29 is 9.18 Å². The van der Waals surface area contributed by atoms with Crippen molar-refractivity contribution in [2.45, 2.75) is 6.42 Å². The fraction of sp³-hybridized carbons (Fsp3) is 0.0714. The zero-order chi connectivity index (χ0) is 13.8. The number of anilines is 1. The van der Waals surface area contributed by atoms with Crippen molar-refractivity contribution in [2.75, 3.05) is 5.32 Å². The van der Waals surface area contributed by atoms with Gasteiger partial charge in [-0.3, -0.25) is 4.79 Å². The molecule has 2 aromatic rings. The molecule has 19 heavy (non-hydrogen) atoms. The van der Waals surface area contributed by atoms with Gasteiger partial charge in [-0.1, -0.05) is 41.4 Å². The highest BCUT2D eigenvalue weighted by atomic mass is 35.5. The van der Waals surface area contributed by atoms with E-state index in [1.165, 1.54) is 12.1 Å². The third-order valence-corrected chi connectivity index (χ3v) is 3.30. The van der Waals surface area contributed by atoms with Crippen LogP contribution in [0.25, 0.3) is 0 Å². The molecule has 2 nitrogen and oxygen atoms in total. The molecule has 0 atom stereocenters. The van der Waals surface area contributed by atoms with Gasteiger partial charge in [0.2, 0.25) is 5.91 Å². The zero-order valence-electron chi connectivity index (χ0n) is 9.79. The van der Waals surface area contributed by atoms with Gasteiger partial charge in [0.05, 0.1) is 22.2 Å². The van der Waals surface area contributed by atoms with Gasteiger partial charge in [0, 0.05) is 0 Å². The predicted molar refractivity (Wildman–Crippen MR) is 75.2 cm³/mol. The smallest absolute Gasteiger partial charge is 0.228 e. The number of halogens is 3. The first-order valence-electron chi connectivity index (χ1n) is 5.54. The van der Waals surface area contributed by atoms with Gasteiger partial charge < -0.3 is 5.32 Å². The number of amides is 1. The number of benzene rings is 2. The summed E-state index contributed by atoms with van der Waals surface area (Å²) < 4.78 is 13.0. The van der Waals surface area contributed by atoms with Crippen LogP contribution in [-0.2, 0) is 11.2 Å². The number of hydrogen-bond acceptors (Lipinski definition) is 1. The predicted octanol–water partition coefficient (Wildman–Crippen LogP) is 4.31. The monoisotopic (exact) mass is 297 g/mol. The van der Waals surface area contributed by atoms with Crippen molar-refractivity contribution in [3.8, 4) is 0 Å². The highest BCUT2D eigenvalue weighted by Crippen LogP contribution is 2.29. The summed E-state index contributed by atoms with van der Waals surface area (Å²) >= 11 is 11.8. The van der Waals surface area contributed by atoms with Crippen LogP contribution in [0.5, 0.6) is 0 Å². The van der Waals surface area contributed by atoms with Gasteiger partial charge in [0.25, 0.3) is 0 Å². The van der Waals surface area contributed by atoms with E-state index in [0.717, 1.165) is 0 Å². The minimum Gasteiger partial charge on any atom is -0.324 e. The Labute approximate surface area is 120 Å². The average molecular weight is 298 g/mol. The lowest BCUT2D eigenvalue weighted by atomic mass is 10.1. The summed E-state index contributed by atoms with van der Waals surface area (Å²) in [5.41, 5.74) is 1.03. The second-order valence-corrected chi connectivity index (χ2v) is 4.74. The summed E-state index contributed by atoms with van der Waals surface area (Å²) in [6, 6.07) is 10.9. The van der Waals surface area contributed by atoms with Crippen LogP contribution < -0.4 is 5.32 Å². The molecule has 0 aromatic heterocycles. The van der Waals surface area contributed by atoms with E-state index in [4.69, 9.17) is 23.2 Å². The molecule has 0 unspecified atom stereocenters. The van der Waals surface area contributed by atoms with E-state index < -0.39 is 0 Å². The molecule has 0 saturated carbocycles. The van der Waals surface area contributed by atoms with Crippen molar-refractivity contribution in [3.05, 3.63) is 63.9 Å². The normalized spacial score (nSPS) is 10.3. The largest absolute Gasteiger partial charge is 0.324 e. The second kappa shape index (κ2) is 6.04. The first kappa shape index (κ1) is 13.8. The van der Waals surface area contributed by atoms with Crippen molar-refractivity contribution >= 4 is 34.8 Å². The van der Waals surface area contributed by atoms with Crippen LogP contribution in [0.1, 0.15) is 5.56 Å². The van der Waals surface area contributed by atoms with E-state index in [1.54, 1.807) is 30.3 Å². The van der Waals surface area contributed by atoms with Gasteiger partial charge in [-0.05, 0) is 29.8 Å². The Morgan fingerprint density at radius 2 is 1.89 bits per heavy atom. The second-order valence-electron chi connectivity index (χ2n) is 3.96. The Kier molecular flexibility index (Phi) is 4.40. The summed E-state index contributed by atoms with van der Waals surface area (Å²) in [6.07, 6.45) is 0.0700. The van der Waals surface area contributed by atoms with Crippen LogP contribution in [0.4, 0.5) is 10.1 Å². The highest BCUT2D eigenvalue weighted by Gasteiger charge is 2.09. The lowest BCUT2D eigenvalue weighted by Gasteiger charge is -2.08. The summed E-state index contributed by atoms with van der Waals surface area (Å²) in [5.74, 6) is -0.652. The molecule has 0 spiro atoms. The number of nitrogens with one attached hydrogen (secondary N) is 1. The number of hydrogen-bond donors (Lipinski definition) is 1. The molecule has 0 aliphatic heterocycles. The molecule has 2 aromatic carbocycles. The fourth-order valence-corrected chi connectivity index (χ4v) is 1.97. The number of carbonyl (C=O) groups is 1. The summed E-state index contributed by atoms with van der Waals surface area (Å²) in [4.78, 5) is 11.8. The Morgan fingerprint density at radius 1 is 1.16 bits per heavy atom. The number of carbonyl (C=O) groups excluding carboxylic acids is 1. The Hall–Kier alpha value is -1.58. The maximum atomic E-state index is 13.0. The van der Waals surface area contributed by atoms with Gasteiger partial charge in [0.1, 0.15) is 5.82 Å². The standard InChI is InChI=1S/C14H10Cl2FNO/c15-11-5-2-6-12(14(11)16)18-13(19)8-9-3-1-4-10(17)7-9/h1-7H,8H2,(H,18,19). The van der Waals surface area contributed by atoms with Crippen molar-refractivity contribution in [1.82, 2.24) is 0 Å². The molecule has 0 radical (unpaired) electrons. The van der Waals surface area contributed by atoms with E-state index in [-0.39, 0.29) is 23.2 Å². The molecule has 1 N–H and O–H groups in total. The lowest BCUT2D eigenvalue weighted by Crippen LogP contribution is -2.14. The van der Waals surface area contributed by atoms with E-state index in [9.17, 15) is 9.18 Å².